The highest BCUT2D eigenvalue weighted by atomic mass is 32.1. The summed E-state index contributed by atoms with van der Waals surface area (Å²) in [5, 5.41) is 16.3. The molecule has 1 N–H and O–H groups in total. The van der Waals surface area contributed by atoms with E-state index in [2.05, 4.69) is 10.3 Å². The summed E-state index contributed by atoms with van der Waals surface area (Å²) in [7, 11) is 4.46. The number of benzene rings is 2. The Hall–Kier alpha value is -3.70. The number of aromatic nitrogens is 1. The molecule has 0 radical (unpaired) electrons. The molecule has 0 unspecified atom stereocenters. The number of nitrogens with one attached hydrogen (secondary N) is 1. The van der Waals surface area contributed by atoms with E-state index in [1.54, 1.807) is 12.5 Å². The van der Waals surface area contributed by atoms with E-state index in [4.69, 9.17) is 18.9 Å². The van der Waals surface area contributed by atoms with Crippen molar-refractivity contribution in [2.75, 3.05) is 39.9 Å². The fourth-order valence-corrected chi connectivity index (χ4v) is 3.74. The van der Waals surface area contributed by atoms with E-state index in [-0.39, 0.29) is 35.4 Å². The summed E-state index contributed by atoms with van der Waals surface area (Å²) in [5.74, 6) is 0.279. The molecule has 0 bridgehead atoms. The van der Waals surface area contributed by atoms with Crippen molar-refractivity contribution in [1.82, 2.24) is 4.98 Å². The Balaban J connectivity index is 1.89. The fraction of sp³-hybridized carbons (Fsp3) is 0.273. The van der Waals surface area contributed by atoms with Crippen molar-refractivity contribution in [3.05, 3.63) is 57.0 Å². The van der Waals surface area contributed by atoms with Crippen molar-refractivity contribution in [2.45, 2.75) is 6.92 Å². The molecule has 0 fully saturated rings. The minimum Gasteiger partial charge on any atom is -0.496 e. The first-order valence-corrected chi connectivity index (χ1v) is 10.7. The molecule has 3 rings (SSSR count). The van der Waals surface area contributed by atoms with Crippen LogP contribution >= 0.6 is 11.3 Å². The number of carbonyl (C=O) groups excluding carboxylic acids is 1. The van der Waals surface area contributed by atoms with Crippen LogP contribution in [-0.2, 0) is 4.74 Å². The largest absolute Gasteiger partial charge is 0.496 e. The summed E-state index contributed by atoms with van der Waals surface area (Å²) in [6.07, 6.45) is 0. The number of ether oxygens (including phenoxy) is 4. The first-order valence-electron chi connectivity index (χ1n) is 9.78. The third-order valence-electron chi connectivity index (χ3n) is 4.62. The van der Waals surface area contributed by atoms with Crippen molar-refractivity contribution in [2.24, 2.45) is 0 Å². The molecule has 11 heteroatoms. The lowest BCUT2D eigenvalue weighted by Gasteiger charge is -2.12. The molecule has 33 heavy (non-hydrogen) atoms. The Morgan fingerprint density at radius 1 is 1.09 bits per heavy atom. The summed E-state index contributed by atoms with van der Waals surface area (Å²) in [5.41, 5.74) is 1.82. The van der Waals surface area contributed by atoms with Crippen molar-refractivity contribution in [3.8, 4) is 28.5 Å². The van der Waals surface area contributed by atoms with Gasteiger partial charge >= 0.3 is 0 Å². The number of carbonyl (C=O) groups is 1. The molecule has 0 saturated carbocycles. The Kier molecular flexibility index (Phi) is 7.80. The summed E-state index contributed by atoms with van der Waals surface area (Å²) in [6.45, 7) is 2.41. The van der Waals surface area contributed by atoms with Gasteiger partial charge in [-0.15, -0.1) is 11.3 Å². The molecule has 1 amide bonds. The zero-order valence-electron chi connectivity index (χ0n) is 18.5. The number of anilines is 1. The van der Waals surface area contributed by atoms with Crippen LogP contribution in [0.3, 0.4) is 0 Å². The minimum absolute atomic E-state index is 0.140. The molecule has 1 aromatic heterocycles. The second kappa shape index (κ2) is 10.7. The standard InChI is InChI=1S/C22H23N3O7S/c1-13-5-6-18(30-3)14(9-13)16-12-33-22(23-16)24-21(26)15-10-19(31-4)20(32-8-7-29-2)11-17(15)25(27)28/h5-6,9-12H,7-8H2,1-4H3,(H,23,24,26). The second-order valence-corrected chi connectivity index (χ2v) is 7.67. The van der Waals surface area contributed by atoms with Crippen LogP contribution in [0.2, 0.25) is 0 Å². The fourth-order valence-electron chi connectivity index (χ4n) is 3.03. The van der Waals surface area contributed by atoms with Gasteiger partial charge in [0.05, 0.1) is 37.5 Å². The van der Waals surface area contributed by atoms with Gasteiger partial charge < -0.3 is 18.9 Å². The van der Waals surface area contributed by atoms with Gasteiger partial charge in [-0.3, -0.25) is 20.2 Å². The Morgan fingerprint density at radius 3 is 2.52 bits per heavy atom. The van der Waals surface area contributed by atoms with Crippen LogP contribution in [0.4, 0.5) is 10.8 Å². The first kappa shape index (κ1) is 24.0. The average Bonchev–Trinajstić information content (AvgIpc) is 3.27. The third kappa shape index (κ3) is 5.57. The van der Waals surface area contributed by atoms with Crippen molar-refractivity contribution in [3.63, 3.8) is 0 Å². The number of thiazole rings is 1. The Bertz CT molecular complexity index is 1160. The number of hydrogen-bond acceptors (Lipinski definition) is 9. The van der Waals surface area contributed by atoms with Crippen LogP contribution in [0.15, 0.2) is 35.7 Å². The zero-order chi connectivity index (χ0) is 24.0. The van der Waals surface area contributed by atoms with Gasteiger partial charge in [-0.25, -0.2) is 4.98 Å². The first-order chi connectivity index (χ1) is 15.9. The number of aryl methyl sites for hydroxylation is 1. The van der Waals surface area contributed by atoms with Crippen LogP contribution in [-0.4, -0.2) is 50.4 Å². The highest BCUT2D eigenvalue weighted by Crippen LogP contribution is 2.36. The molecule has 0 saturated heterocycles. The second-order valence-electron chi connectivity index (χ2n) is 6.81. The predicted molar refractivity (Wildman–Crippen MR) is 124 cm³/mol. The molecule has 2 aromatic carbocycles. The van der Waals surface area contributed by atoms with E-state index in [9.17, 15) is 14.9 Å². The number of nitrogens with zero attached hydrogens (tertiary/aromatic N) is 2. The number of nitro groups is 1. The maximum Gasteiger partial charge on any atom is 0.286 e. The van der Waals surface area contributed by atoms with Gasteiger partial charge in [0.25, 0.3) is 11.6 Å². The molecule has 3 aromatic rings. The van der Waals surface area contributed by atoms with E-state index >= 15 is 0 Å². The minimum atomic E-state index is -0.694. The summed E-state index contributed by atoms with van der Waals surface area (Å²) >= 11 is 1.20. The van der Waals surface area contributed by atoms with E-state index in [1.807, 2.05) is 25.1 Å². The van der Waals surface area contributed by atoms with Crippen molar-refractivity contribution in [1.29, 1.82) is 0 Å². The van der Waals surface area contributed by atoms with E-state index < -0.39 is 16.5 Å². The van der Waals surface area contributed by atoms with Crippen LogP contribution in [0, 0.1) is 17.0 Å². The van der Waals surface area contributed by atoms with Crippen LogP contribution in [0.25, 0.3) is 11.3 Å². The molecule has 174 valence electrons. The highest BCUT2D eigenvalue weighted by molar-refractivity contribution is 7.14. The van der Waals surface area contributed by atoms with Gasteiger partial charge in [-0.05, 0) is 19.1 Å². The van der Waals surface area contributed by atoms with Crippen LogP contribution in [0.5, 0.6) is 17.2 Å². The average molecular weight is 474 g/mol. The SMILES string of the molecule is COCCOc1cc([N+](=O)[O-])c(C(=O)Nc2nc(-c3cc(C)ccc3OC)cs2)cc1OC. The number of amides is 1. The van der Waals surface area contributed by atoms with Crippen molar-refractivity contribution >= 4 is 28.1 Å². The zero-order valence-corrected chi connectivity index (χ0v) is 19.4. The van der Waals surface area contributed by atoms with E-state index in [1.165, 1.54) is 31.6 Å². The quantitative estimate of drug-likeness (QED) is 0.262. The molecular weight excluding hydrogens is 450 g/mol. The van der Waals surface area contributed by atoms with Crippen LogP contribution in [0.1, 0.15) is 15.9 Å². The maximum atomic E-state index is 12.9. The van der Waals surface area contributed by atoms with Gasteiger partial charge in [0.15, 0.2) is 16.6 Å². The van der Waals surface area contributed by atoms with E-state index in [0.29, 0.717) is 11.4 Å². The Morgan fingerprint density at radius 2 is 1.85 bits per heavy atom. The number of methoxy groups -OCH3 is 3. The molecule has 0 spiro atoms. The molecule has 0 aliphatic heterocycles. The lowest BCUT2D eigenvalue weighted by atomic mass is 10.1. The summed E-state index contributed by atoms with van der Waals surface area (Å²) < 4.78 is 21.1. The third-order valence-corrected chi connectivity index (χ3v) is 5.38. The van der Waals surface area contributed by atoms with Gasteiger partial charge in [0, 0.05) is 24.1 Å². The smallest absolute Gasteiger partial charge is 0.286 e. The Labute approximate surface area is 194 Å². The summed E-state index contributed by atoms with van der Waals surface area (Å²) in [4.78, 5) is 28.3. The van der Waals surface area contributed by atoms with Crippen LogP contribution < -0.4 is 19.5 Å². The molecule has 1 heterocycles. The van der Waals surface area contributed by atoms with Gasteiger partial charge in [-0.2, -0.15) is 0 Å². The molecule has 0 aliphatic rings. The number of hydrogen-bond donors (Lipinski definition) is 1. The lowest BCUT2D eigenvalue weighted by molar-refractivity contribution is -0.385. The molecule has 0 atom stereocenters. The number of rotatable bonds is 10. The molecule has 0 aliphatic carbocycles. The van der Waals surface area contributed by atoms with Gasteiger partial charge in [0.1, 0.15) is 17.9 Å². The normalized spacial score (nSPS) is 10.5. The van der Waals surface area contributed by atoms with Crippen molar-refractivity contribution < 1.29 is 28.7 Å². The molecular formula is C22H23N3O7S. The highest BCUT2D eigenvalue weighted by Gasteiger charge is 2.25. The topological polar surface area (TPSA) is 122 Å². The summed E-state index contributed by atoms with van der Waals surface area (Å²) in [6, 6.07) is 8.13. The lowest BCUT2D eigenvalue weighted by Crippen LogP contribution is -2.15. The maximum absolute atomic E-state index is 12.9. The van der Waals surface area contributed by atoms with Gasteiger partial charge in [-0.1, -0.05) is 11.6 Å². The van der Waals surface area contributed by atoms with Gasteiger partial charge in [0.2, 0.25) is 0 Å². The van der Waals surface area contributed by atoms with E-state index in [0.717, 1.165) is 17.2 Å². The monoisotopic (exact) mass is 473 g/mol. The molecule has 10 nitrogen and oxygen atoms in total. The predicted octanol–water partition coefficient (Wildman–Crippen LogP) is 4.32. The number of nitro benzene ring substituents is 1.